The normalized spacial score (nSPS) is 11.8. The van der Waals surface area contributed by atoms with Crippen LogP contribution in [0, 0.1) is 0 Å². The van der Waals surface area contributed by atoms with Crippen LogP contribution in [0.1, 0.15) is 213 Å². The van der Waals surface area contributed by atoms with Gasteiger partial charge in [-0.05, 0) is 77.3 Å². The van der Waals surface area contributed by atoms with E-state index >= 15 is 0 Å². The number of hydrogen-bond donors (Lipinski definition) is 1. The van der Waals surface area contributed by atoms with E-state index < -0.39 is 0 Å². The van der Waals surface area contributed by atoms with Gasteiger partial charge in [0.2, 0.25) is 5.91 Å². The van der Waals surface area contributed by atoms with Gasteiger partial charge in [-0.25, -0.2) is 0 Å². The maximum absolute atomic E-state index is 12.9. The Balaban J connectivity index is 4.48. The first kappa shape index (κ1) is 54.8. The van der Waals surface area contributed by atoms with Crippen LogP contribution >= 0.6 is 0 Å². The lowest BCUT2D eigenvalue weighted by molar-refractivity contribution is -0.141. The van der Waals surface area contributed by atoms with Crippen molar-refractivity contribution in [1.82, 2.24) is 15.1 Å². The van der Waals surface area contributed by atoms with Gasteiger partial charge >= 0.3 is 11.9 Å². The SMILES string of the molecule is CCCCCCCCC=CCCCCCCCCN(CCCCCCCCC=CCCCCCCCC)CCC(=O)NCCN(CCC(=O)OC)CCC(=O)OC. The molecule has 0 aromatic carbocycles. The first-order valence-electron chi connectivity index (χ1n) is 24.1. The third-order valence-electron chi connectivity index (χ3n) is 11.1. The van der Waals surface area contributed by atoms with Crippen molar-refractivity contribution in [3.05, 3.63) is 24.3 Å². The molecule has 0 fully saturated rings. The highest BCUT2D eigenvalue weighted by atomic mass is 16.5. The summed E-state index contributed by atoms with van der Waals surface area (Å²) in [7, 11) is 2.75. The van der Waals surface area contributed by atoms with Gasteiger partial charge in [-0.3, -0.25) is 14.4 Å². The minimum absolute atomic E-state index is 0.0583. The van der Waals surface area contributed by atoms with Crippen molar-refractivity contribution >= 4 is 17.8 Å². The number of hydrogen-bond acceptors (Lipinski definition) is 7. The first-order valence-corrected chi connectivity index (χ1v) is 24.1. The van der Waals surface area contributed by atoms with Crippen LogP contribution in [0.5, 0.6) is 0 Å². The van der Waals surface area contributed by atoms with E-state index in [0.717, 1.165) is 19.6 Å². The molecular weight excluding hydrogens is 711 g/mol. The number of nitrogens with one attached hydrogen (secondary N) is 1. The van der Waals surface area contributed by atoms with Crippen LogP contribution in [-0.2, 0) is 23.9 Å². The molecule has 0 unspecified atom stereocenters. The highest BCUT2D eigenvalue weighted by Crippen LogP contribution is 2.13. The van der Waals surface area contributed by atoms with Gasteiger partial charge in [0.05, 0.1) is 27.1 Å². The van der Waals surface area contributed by atoms with Crippen LogP contribution in [-0.4, -0.2) is 87.7 Å². The quantitative estimate of drug-likeness (QED) is 0.0373. The highest BCUT2D eigenvalue weighted by molar-refractivity contribution is 5.76. The van der Waals surface area contributed by atoms with E-state index in [1.165, 1.54) is 194 Å². The summed E-state index contributed by atoms with van der Waals surface area (Å²) in [5, 5.41) is 3.07. The van der Waals surface area contributed by atoms with Crippen LogP contribution in [0.4, 0.5) is 0 Å². The number of carbonyl (C=O) groups excluding carboxylic acids is 3. The lowest BCUT2D eigenvalue weighted by Gasteiger charge is -2.23. The zero-order chi connectivity index (χ0) is 41.7. The fourth-order valence-electron chi connectivity index (χ4n) is 7.24. The fourth-order valence-corrected chi connectivity index (χ4v) is 7.24. The van der Waals surface area contributed by atoms with Crippen molar-refractivity contribution < 1.29 is 23.9 Å². The van der Waals surface area contributed by atoms with Gasteiger partial charge in [-0.15, -0.1) is 0 Å². The van der Waals surface area contributed by atoms with Crippen molar-refractivity contribution in [2.24, 2.45) is 0 Å². The number of amides is 1. The molecule has 8 nitrogen and oxygen atoms in total. The Labute approximate surface area is 353 Å². The van der Waals surface area contributed by atoms with E-state index in [4.69, 9.17) is 9.47 Å². The summed E-state index contributed by atoms with van der Waals surface area (Å²) in [6.07, 6.45) is 47.4. The maximum atomic E-state index is 12.9. The van der Waals surface area contributed by atoms with Gasteiger partial charge in [-0.2, -0.15) is 0 Å². The molecule has 0 radical (unpaired) electrons. The van der Waals surface area contributed by atoms with Gasteiger partial charge in [0, 0.05) is 39.1 Å². The van der Waals surface area contributed by atoms with Crippen molar-refractivity contribution in [3.8, 4) is 0 Å². The molecule has 0 aliphatic rings. The van der Waals surface area contributed by atoms with E-state index in [9.17, 15) is 14.4 Å². The standard InChI is InChI=1S/C49H93N3O5/c1-5-7-9-11-13-15-17-19-21-23-25-27-29-31-33-35-41-51(42-36-34-32-30-28-26-24-22-20-18-16-14-12-10-8-6-2)43-37-47(53)50-40-46-52(44-38-48(54)56-3)45-39-49(55)57-4/h19-22H,5-18,23-46H2,1-4H3,(H,50,53). The second kappa shape index (κ2) is 44.9. The molecule has 334 valence electrons. The summed E-state index contributed by atoms with van der Waals surface area (Å²) >= 11 is 0. The summed E-state index contributed by atoms with van der Waals surface area (Å²) < 4.78 is 9.56. The molecule has 1 amide bonds. The molecule has 0 rings (SSSR count). The Hall–Kier alpha value is -2.19. The average Bonchev–Trinajstić information content (AvgIpc) is 3.22. The molecule has 0 heterocycles. The van der Waals surface area contributed by atoms with Crippen molar-refractivity contribution in [2.75, 3.05) is 60.0 Å². The molecule has 0 spiro atoms. The van der Waals surface area contributed by atoms with Gasteiger partial charge in [-0.1, -0.05) is 154 Å². The molecule has 0 atom stereocenters. The molecule has 8 heteroatoms. The van der Waals surface area contributed by atoms with Gasteiger partial charge in [0.15, 0.2) is 0 Å². The van der Waals surface area contributed by atoms with E-state index in [2.05, 4.69) is 48.4 Å². The molecule has 0 bridgehead atoms. The predicted molar refractivity (Wildman–Crippen MR) is 243 cm³/mol. The average molecular weight is 804 g/mol. The lowest BCUT2D eigenvalue weighted by Crippen LogP contribution is -2.38. The van der Waals surface area contributed by atoms with E-state index in [1.54, 1.807) is 0 Å². The molecule has 0 aromatic heterocycles. The number of rotatable bonds is 44. The van der Waals surface area contributed by atoms with Gasteiger partial charge in [0.25, 0.3) is 0 Å². The third-order valence-corrected chi connectivity index (χ3v) is 11.1. The van der Waals surface area contributed by atoms with Gasteiger partial charge in [0.1, 0.15) is 0 Å². The summed E-state index contributed by atoms with van der Waals surface area (Å²) in [6, 6.07) is 0. The van der Waals surface area contributed by atoms with Crippen LogP contribution < -0.4 is 5.32 Å². The molecule has 0 saturated heterocycles. The number of carbonyl (C=O) groups is 3. The molecule has 1 N–H and O–H groups in total. The molecule has 0 aliphatic heterocycles. The lowest BCUT2D eigenvalue weighted by atomic mass is 10.1. The minimum atomic E-state index is -0.286. The predicted octanol–water partition coefficient (Wildman–Crippen LogP) is 12.3. The summed E-state index contributed by atoms with van der Waals surface area (Å²) in [5.41, 5.74) is 0. The Morgan fingerprint density at radius 3 is 1.09 bits per heavy atom. The number of unbranched alkanes of at least 4 members (excludes halogenated alkanes) is 24. The summed E-state index contributed by atoms with van der Waals surface area (Å²) in [5.74, 6) is -0.514. The number of methoxy groups -OCH3 is 2. The number of esters is 2. The Morgan fingerprint density at radius 2 is 0.719 bits per heavy atom. The van der Waals surface area contributed by atoms with Crippen molar-refractivity contribution in [1.29, 1.82) is 0 Å². The van der Waals surface area contributed by atoms with Crippen LogP contribution in [0.25, 0.3) is 0 Å². The summed E-state index contributed by atoms with van der Waals surface area (Å²) in [4.78, 5) is 40.8. The highest BCUT2D eigenvalue weighted by Gasteiger charge is 2.13. The molecule has 0 saturated carbocycles. The third kappa shape index (κ3) is 41.8. The topological polar surface area (TPSA) is 88.2 Å². The molecule has 57 heavy (non-hydrogen) atoms. The monoisotopic (exact) mass is 804 g/mol. The van der Waals surface area contributed by atoms with Crippen molar-refractivity contribution in [2.45, 2.75) is 213 Å². The first-order chi connectivity index (χ1) is 28.0. The summed E-state index contributed by atoms with van der Waals surface area (Å²) in [6.45, 7) is 9.46. The zero-order valence-electron chi connectivity index (χ0n) is 38.1. The van der Waals surface area contributed by atoms with Crippen LogP contribution in [0.15, 0.2) is 24.3 Å². The van der Waals surface area contributed by atoms with E-state index in [1.807, 2.05) is 4.90 Å². The Morgan fingerprint density at radius 1 is 0.404 bits per heavy atom. The second-order valence-corrected chi connectivity index (χ2v) is 16.3. The zero-order valence-corrected chi connectivity index (χ0v) is 38.1. The Kier molecular flexibility index (Phi) is 43.2. The maximum Gasteiger partial charge on any atom is 0.306 e. The Bertz CT molecular complexity index is 893. The van der Waals surface area contributed by atoms with Crippen LogP contribution in [0.2, 0.25) is 0 Å². The van der Waals surface area contributed by atoms with Crippen molar-refractivity contribution in [3.63, 3.8) is 0 Å². The minimum Gasteiger partial charge on any atom is -0.469 e. The van der Waals surface area contributed by atoms with E-state index in [-0.39, 0.29) is 30.7 Å². The number of ether oxygens (including phenoxy) is 2. The van der Waals surface area contributed by atoms with E-state index in [0.29, 0.717) is 32.6 Å². The number of allylic oxidation sites excluding steroid dienone is 4. The van der Waals surface area contributed by atoms with Crippen LogP contribution in [0.3, 0.4) is 0 Å². The smallest absolute Gasteiger partial charge is 0.306 e. The molecule has 0 aliphatic carbocycles. The fraction of sp³-hybridized carbons (Fsp3) is 0.857. The number of nitrogens with zero attached hydrogens (tertiary/aromatic N) is 2. The molecular formula is C49H93N3O5. The largest absolute Gasteiger partial charge is 0.469 e. The van der Waals surface area contributed by atoms with Gasteiger partial charge < -0.3 is 24.6 Å². The second-order valence-electron chi connectivity index (χ2n) is 16.3. The molecule has 0 aromatic rings.